The topological polar surface area (TPSA) is 36.2 Å². The standard InChI is InChI=1S/C15H17BrN2O2/c1-10(2)18-5-4-17(15(18)19)9-12-8-13(16)7-11-3-6-20-14(11)12/h4-5,7-8,10H,3,6,9H2,1-2H3. The van der Waals surface area contributed by atoms with E-state index in [0.717, 1.165) is 28.8 Å². The Morgan fingerprint density at radius 3 is 2.85 bits per heavy atom. The van der Waals surface area contributed by atoms with Gasteiger partial charge in [-0.3, -0.25) is 9.13 Å². The van der Waals surface area contributed by atoms with Crippen LogP contribution in [0.2, 0.25) is 0 Å². The summed E-state index contributed by atoms with van der Waals surface area (Å²) >= 11 is 3.53. The van der Waals surface area contributed by atoms with Gasteiger partial charge in [0.15, 0.2) is 0 Å². The number of ether oxygens (including phenoxy) is 1. The van der Waals surface area contributed by atoms with E-state index in [2.05, 4.69) is 22.0 Å². The van der Waals surface area contributed by atoms with E-state index in [1.165, 1.54) is 5.56 Å². The second-order valence-electron chi connectivity index (χ2n) is 5.36. The second-order valence-corrected chi connectivity index (χ2v) is 6.28. The molecule has 0 fully saturated rings. The molecule has 1 aromatic heterocycles. The van der Waals surface area contributed by atoms with Crippen molar-refractivity contribution in [3.05, 3.63) is 50.6 Å². The Morgan fingerprint density at radius 2 is 2.15 bits per heavy atom. The Labute approximate surface area is 126 Å². The first-order valence-corrected chi connectivity index (χ1v) is 7.57. The number of hydrogen-bond donors (Lipinski definition) is 0. The van der Waals surface area contributed by atoms with Crippen molar-refractivity contribution in [1.82, 2.24) is 9.13 Å². The van der Waals surface area contributed by atoms with Crippen molar-refractivity contribution in [3.63, 3.8) is 0 Å². The van der Waals surface area contributed by atoms with Crippen LogP contribution in [0.25, 0.3) is 0 Å². The highest BCUT2D eigenvalue weighted by molar-refractivity contribution is 9.10. The van der Waals surface area contributed by atoms with Gasteiger partial charge in [0.2, 0.25) is 0 Å². The molecular formula is C15H17BrN2O2. The number of fused-ring (bicyclic) bond motifs is 1. The number of hydrogen-bond acceptors (Lipinski definition) is 2. The Morgan fingerprint density at radius 1 is 1.35 bits per heavy atom. The van der Waals surface area contributed by atoms with E-state index in [1.54, 1.807) is 9.13 Å². The Kier molecular flexibility index (Phi) is 3.46. The highest BCUT2D eigenvalue weighted by atomic mass is 79.9. The van der Waals surface area contributed by atoms with Crippen LogP contribution in [-0.4, -0.2) is 15.7 Å². The molecule has 0 aliphatic carbocycles. The molecule has 0 N–H and O–H groups in total. The van der Waals surface area contributed by atoms with Crippen LogP contribution in [0.3, 0.4) is 0 Å². The monoisotopic (exact) mass is 336 g/mol. The maximum atomic E-state index is 12.3. The highest BCUT2D eigenvalue weighted by Gasteiger charge is 2.18. The summed E-state index contributed by atoms with van der Waals surface area (Å²) in [5.74, 6) is 0.942. The van der Waals surface area contributed by atoms with Gasteiger partial charge in [0, 0.05) is 34.9 Å². The van der Waals surface area contributed by atoms with Crippen LogP contribution in [0, 0.1) is 0 Å². The molecule has 2 heterocycles. The maximum absolute atomic E-state index is 12.3. The summed E-state index contributed by atoms with van der Waals surface area (Å²) in [6, 6.07) is 4.30. The molecule has 0 bridgehead atoms. The molecule has 1 aliphatic rings. The molecule has 0 saturated heterocycles. The lowest BCUT2D eigenvalue weighted by Crippen LogP contribution is -2.25. The van der Waals surface area contributed by atoms with Gasteiger partial charge in [0.1, 0.15) is 5.75 Å². The predicted molar refractivity (Wildman–Crippen MR) is 81.5 cm³/mol. The van der Waals surface area contributed by atoms with Crippen molar-refractivity contribution >= 4 is 15.9 Å². The van der Waals surface area contributed by atoms with Gasteiger partial charge in [-0.15, -0.1) is 0 Å². The first-order valence-electron chi connectivity index (χ1n) is 6.77. The molecule has 1 aliphatic heterocycles. The summed E-state index contributed by atoms with van der Waals surface area (Å²) in [7, 11) is 0. The fraction of sp³-hybridized carbons (Fsp3) is 0.400. The van der Waals surface area contributed by atoms with E-state index < -0.39 is 0 Å². The predicted octanol–water partition coefficient (Wildman–Crippen LogP) is 2.98. The third-order valence-electron chi connectivity index (χ3n) is 3.60. The van der Waals surface area contributed by atoms with Gasteiger partial charge in [0.05, 0.1) is 13.2 Å². The van der Waals surface area contributed by atoms with Crippen molar-refractivity contribution in [2.45, 2.75) is 32.9 Å². The Balaban J connectivity index is 1.98. The van der Waals surface area contributed by atoms with Crippen molar-refractivity contribution in [2.75, 3.05) is 6.61 Å². The van der Waals surface area contributed by atoms with E-state index in [4.69, 9.17) is 4.74 Å². The fourth-order valence-electron chi connectivity index (χ4n) is 2.59. The van der Waals surface area contributed by atoms with Gasteiger partial charge < -0.3 is 4.74 Å². The zero-order valence-corrected chi connectivity index (χ0v) is 13.2. The molecule has 1 aromatic carbocycles. The molecule has 2 aromatic rings. The molecule has 0 unspecified atom stereocenters. The number of benzene rings is 1. The molecule has 0 saturated carbocycles. The second kappa shape index (κ2) is 5.13. The summed E-state index contributed by atoms with van der Waals surface area (Å²) in [6.45, 7) is 5.28. The van der Waals surface area contributed by atoms with Crippen LogP contribution in [-0.2, 0) is 13.0 Å². The molecule has 0 radical (unpaired) electrons. The van der Waals surface area contributed by atoms with E-state index >= 15 is 0 Å². The third kappa shape index (κ3) is 2.30. The molecule has 3 rings (SSSR count). The largest absolute Gasteiger partial charge is 0.493 e. The molecule has 4 nitrogen and oxygen atoms in total. The van der Waals surface area contributed by atoms with E-state index in [1.807, 2.05) is 32.3 Å². The first kappa shape index (κ1) is 13.5. The highest BCUT2D eigenvalue weighted by Crippen LogP contribution is 2.33. The normalized spacial score (nSPS) is 13.6. The van der Waals surface area contributed by atoms with Gasteiger partial charge in [-0.1, -0.05) is 15.9 Å². The van der Waals surface area contributed by atoms with Crippen molar-refractivity contribution < 1.29 is 4.74 Å². The fourth-order valence-corrected chi connectivity index (χ4v) is 3.14. The Bertz CT molecular complexity index is 700. The lowest BCUT2D eigenvalue weighted by atomic mass is 10.1. The average Bonchev–Trinajstić information content (AvgIpc) is 2.97. The van der Waals surface area contributed by atoms with E-state index in [0.29, 0.717) is 6.54 Å². The molecule has 0 amide bonds. The average molecular weight is 337 g/mol. The number of nitrogens with zero attached hydrogens (tertiary/aromatic N) is 2. The number of aromatic nitrogens is 2. The third-order valence-corrected chi connectivity index (χ3v) is 4.05. The van der Waals surface area contributed by atoms with Crippen molar-refractivity contribution in [1.29, 1.82) is 0 Å². The summed E-state index contributed by atoms with van der Waals surface area (Å²) in [6.07, 6.45) is 4.61. The number of halogens is 1. The van der Waals surface area contributed by atoms with Crippen molar-refractivity contribution in [2.24, 2.45) is 0 Å². The molecule has 5 heteroatoms. The van der Waals surface area contributed by atoms with Gasteiger partial charge in [0.25, 0.3) is 0 Å². The van der Waals surface area contributed by atoms with Crippen LogP contribution >= 0.6 is 15.9 Å². The lowest BCUT2D eigenvalue weighted by Gasteiger charge is -2.10. The lowest BCUT2D eigenvalue weighted by molar-refractivity contribution is 0.352. The quantitative estimate of drug-likeness (QED) is 0.863. The molecular weight excluding hydrogens is 320 g/mol. The molecule has 0 atom stereocenters. The van der Waals surface area contributed by atoms with E-state index in [-0.39, 0.29) is 11.7 Å². The van der Waals surface area contributed by atoms with Crippen LogP contribution < -0.4 is 10.4 Å². The molecule has 0 spiro atoms. The minimum absolute atomic E-state index is 0.0201. The summed E-state index contributed by atoms with van der Waals surface area (Å²) in [4.78, 5) is 12.3. The molecule has 106 valence electrons. The zero-order valence-electron chi connectivity index (χ0n) is 11.6. The minimum Gasteiger partial charge on any atom is -0.493 e. The summed E-state index contributed by atoms with van der Waals surface area (Å²) in [5.41, 5.74) is 2.29. The zero-order chi connectivity index (χ0) is 14.3. The summed E-state index contributed by atoms with van der Waals surface area (Å²) < 4.78 is 10.2. The van der Waals surface area contributed by atoms with Crippen LogP contribution in [0.1, 0.15) is 31.0 Å². The van der Waals surface area contributed by atoms with Gasteiger partial charge in [-0.05, 0) is 31.5 Å². The summed E-state index contributed by atoms with van der Waals surface area (Å²) in [5, 5.41) is 0. The van der Waals surface area contributed by atoms with Crippen molar-refractivity contribution in [3.8, 4) is 5.75 Å². The van der Waals surface area contributed by atoms with Crippen LogP contribution in [0.4, 0.5) is 0 Å². The van der Waals surface area contributed by atoms with E-state index in [9.17, 15) is 4.79 Å². The Hall–Kier alpha value is -1.49. The first-order chi connectivity index (χ1) is 9.56. The van der Waals surface area contributed by atoms with Gasteiger partial charge >= 0.3 is 5.69 Å². The number of imidazole rings is 1. The van der Waals surface area contributed by atoms with Gasteiger partial charge in [-0.25, -0.2) is 4.79 Å². The van der Waals surface area contributed by atoms with Crippen LogP contribution in [0.5, 0.6) is 5.75 Å². The van der Waals surface area contributed by atoms with Crippen LogP contribution in [0.15, 0.2) is 33.8 Å². The molecule has 20 heavy (non-hydrogen) atoms. The maximum Gasteiger partial charge on any atom is 0.328 e. The SMILES string of the molecule is CC(C)n1ccn(Cc2cc(Br)cc3c2OCC3)c1=O. The smallest absolute Gasteiger partial charge is 0.328 e. The van der Waals surface area contributed by atoms with Gasteiger partial charge in [-0.2, -0.15) is 0 Å². The minimum atomic E-state index is 0.0201. The number of rotatable bonds is 3.